The third kappa shape index (κ3) is 11.9. The van der Waals surface area contributed by atoms with Crippen molar-refractivity contribution in [1.29, 1.82) is 0 Å². The molecular formula is C38H42N2O4S. The van der Waals surface area contributed by atoms with E-state index in [4.69, 9.17) is 0 Å². The Morgan fingerprint density at radius 2 is 1.09 bits per heavy atom. The predicted molar refractivity (Wildman–Crippen MR) is 182 cm³/mol. The molecule has 6 nitrogen and oxygen atoms in total. The Kier molecular flexibility index (Phi) is 13.7. The van der Waals surface area contributed by atoms with Crippen LogP contribution in [0.25, 0.3) is 0 Å². The first-order valence-electron chi connectivity index (χ1n) is 15.5. The van der Waals surface area contributed by atoms with Crippen molar-refractivity contribution in [2.75, 3.05) is 12.3 Å². The largest absolute Gasteiger partial charge is 0.480 e. The first kappa shape index (κ1) is 33.5. The van der Waals surface area contributed by atoms with Crippen molar-refractivity contribution in [2.45, 2.75) is 43.9 Å². The molecule has 3 N–H and O–H groups in total. The number of carboxylic acid groups (broad SMARTS) is 1. The molecule has 45 heavy (non-hydrogen) atoms. The van der Waals surface area contributed by atoms with Crippen LogP contribution in [0.4, 0.5) is 0 Å². The Bertz CT molecular complexity index is 1450. The summed E-state index contributed by atoms with van der Waals surface area (Å²) in [6.07, 6.45) is 2.86. The third-order valence-corrected chi connectivity index (χ3v) is 8.86. The Labute approximate surface area is 270 Å². The highest BCUT2D eigenvalue weighted by Crippen LogP contribution is 2.23. The molecule has 0 aliphatic rings. The molecule has 0 bridgehead atoms. The van der Waals surface area contributed by atoms with E-state index in [1.54, 1.807) is 0 Å². The summed E-state index contributed by atoms with van der Waals surface area (Å²) >= 11 is 1.47. The van der Waals surface area contributed by atoms with Gasteiger partial charge in [-0.15, -0.1) is 0 Å². The third-order valence-electron chi connectivity index (χ3n) is 7.76. The van der Waals surface area contributed by atoms with E-state index >= 15 is 0 Å². The topological polar surface area (TPSA) is 95.5 Å². The standard InChI is InChI=1S/C38H42N2O4S/c41-36(39-23-13-22-29-14-5-1-6-15-29)33(24-30-16-7-2-8-17-30)26-34(25-31-18-9-3-10-19-31)37(42)40-35(38(43)44)28-45-27-32-20-11-4-12-21-32/h1-12,14-21,33-35H,13,22-28H2,(H,39,41)(H,40,42)(H,43,44)/t33?,34?,35-/m0/s1. The minimum absolute atomic E-state index is 0.0917. The molecule has 0 fully saturated rings. The number of carbonyl (C=O) groups is 3. The normalized spacial score (nSPS) is 12.9. The summed E-state index contributed by atoms with van der Waals surface area (Å²) in [6.45, 7) is 0.536. The fourth-order valence-electron chi connectivity index (χ4n) is 5.33. The van der Waals surface area contributed by atoms with Crippen LogP contribution < -0.4 is 10.6 Å². The van der Waals surface area contributed by atoms with Gasteiger partial charge >= 0.3 is 5.97 Å². The zero-order valence-electron chi connectivity index (χ0n) is 25.5. The molecule has 0 radical (unpaired) electrons. The lowest BCUT2D eigenvalue weighted by Gasteiger charge is -2.25. The molecule has 4 rings (SSSR count). The zero-order chi connectivity index (χ0) is 31.7. The van der Waals surface area contributed by atoms with E-state index in [-0.39, 0.29) is 17.6 Å². The van der Waals surface area contributed by atoms with Crippen LogP contribution >= 0.6 is 11.8 Å². The second-order valence-corrected chi connectivity index (χ2v) is 12.3. The summed E-state index contributed by atoms with van der Waals surface area (Å²) < 4.78 is 0. The molecule has 0 saturated heterocycles. The van der Waals surface area contributed by atoms with Crippen molar-refractivity contribution in [3.05, 3.63) is 144 Å². The number of rotatable bonds is 18. The number of aryl methyl sites for hydroxylation is 1. The molecule has 0 spiro atoms. The van der Waals surface area contributed by atoms with Crippen LogP contribution in [0.2, 0.25) is 0 Å². The van der Waals surface area contributed by atoms with Gasteiger partial charge in [-0.3, -0.25) is 9.59 Å². The molecule has 0 heterocycles. The highest BCUT2D eigenvalue weighted by atomic mass is 32.2. The van der Waals surface area contributed by atoms with Crippen molar-refractivity contribution in [1.82, 2.24) is 10.6 Å². The molecule has 0 aromatic heterocycles. The molecule has 2 unspecified atom stereocenters. The molecule has 0 saturated carbocycles. The van der Waals surface area contributed by atoms with E-state index in [0.29, 0.717) is 31.6 Å². The van der Waals surface area contributed by atoms with E-state index in [2.05, 4.69) is 22.8 Å². The molecule has 3 atom stereocenters. The van der Waals surface area contributed by atoms with E-state index < -0.39 is 23.8 Å². The molecule has 4 aromatic carbocycles. The monoisotopic (exact) mass is 622 g/mol. The average Bonchev–Trinajstić information content (AvgIpc) is 3.07. The van der Waals surface area contributed by atoms with Crippen LogP contribution in [-0.2, 0) is 39.4 Å². The Balaban J connectivity index is 1.45. The SMILES string of the molecule is O=C(NCCCc1ccccc1)C(Cc1ccccc1)CC(Cc1ccccc1)C(=O)N[C@@H](CSCc1ccccc1)C(=O)O. The Morgan fingerprint density at radius 3 is 1.60 bits per heavy atom. The summed E-state index contributed by atoms with van der Waals surface area (Å²) in [5.41, 5.74) is 4.30. The number of hydrogen-bond donors (Lipinski definition) is 3. The first-order chi connectivity index (χ1) is 22.0. The van der Waals surface area contributed by atoms with Gasteiger partial charge in [0, 0.05) is 29.9 Å². The maximum atomic E-state index is 13.8. The van der Waals surface area contributed by atoms with Gasteiger partial charge in [0.15, 0.2) is 0 Å². The maximum Gasteiger partial charge on any atom is 0.327 e. The minimum Gasteiger partial charge on any atom is -0.480 e. The van der Waals surface area contributed by atoms with Gasteiger partial charge in [0.25, 0.3) is 0 Å². The average molecular weight is 623 g/mol. The first-order valence-corrected chi connectivity index (χ1v) is 16.7. The number of aliphatic carboxylic acids is 1. The highest BCUT2D eigenvalue weighted by molar-refractivity contribution is 7.98. The smallest absolute Gasteiger partial charge is 0.327 e. The summed E-state index contributed by atoms with van der Waals surface area (Å²) in [5, 5.41) is 15.9. The second kappa shape index (κ2) is 18.4. The summed E-state index contributed by atoms with van der Waals surface area (Å²) in [6, 6.07) is 38.5. The van der Waals surface area contributed by atoms with E-state index in [9.17, 15) is 19.5 Å². The molecule has 2 amide bonds. The fourth-order valence-corrected chi connectivity index (χ4v) is 6.34. The van der Waals surface area contributed by atoms with Crippen LogP contribution in [0.5, 0.6) is 0 Å². The van der Waals surface area contributed by atoms with Crippen LogP contribution in [0.3, 0.4) is 0 Å². The molecular weight excluding hydrogens is 580 g/mol. The lowest BCUT2D eigenvalue weighted by molar-refractivity contribution is -0.142. The molecule has 7 heteroatoms. The van der Waals surface area contributed by atoms with Gasteiger partial charge in [-0.1, -0.05) is 121 Å². The lowest BCUT2D eigenvalue weighted by Crippen LogP contribution is -2.46. The number of benzene rings is 4. The van der Waals surface area contributed by atoms with Gasteiger partial charge < -0.3 is 15.7 Å². The minimum atomic E-state index is -1.07. The van der Waals surface area contributed by atoms with Crippen LogP contribution in [0.15, 0.2) is 121 Å². The van der Waals surface area contributed by atoms with Gasteiger partial charge in [-0.2, -0.15) is 11.8 Å². The number of amides is 2. The van der Waals surface area contributed by atoms with E-state index in [1.165, 1.54) is 17.3 Å². The molecule has 0 aliphatic heterocycles. The van der Waals surface area contributed by atoms with Crippen molar-refractivity contribution >= 4 is 29.5 Å². The van der Waals surface area contributed by atoms with E-state index in [1.807, 2.05) is 109 Å². The molecule has 0 aliphatic carbocycles. The van der Waals surface area contributed by atoms with Crippen molar-refractivity contribution in [3.8, 4) is 0 Å². The van der Waals surface area contributed by atoms with Gasteiger partial charge in [0.2, 0.25) is 11.8 Å². The van der Waals surface area contributed by atoms with E-state index in [0.717, 1.165) is 29.5 Å². The molecule has 234 valence electrons. The van der Waals surface area contributed by atoms with Crippen LogP contribution in [0.1, 0.15) is 35.1 Å². The van der Waals surface area contributed by atoms with Crippen LogP contribution in [-0.4, -0.2) is 41.2 Å². The van der Waals surface area contributed by atoms with Gasteiger partial charge in [0.05, 0.1) is 0 Å². The second-order valence-electron chi connectivity index (χ2n) is 11.3. The van der Waals surface area contributed by atoms with Gasteiger partial charge in [0.1, 0.15) is 6.04 Å². The number of thioether (sulfide) groups is 1. The Morgan fingerprint density at radius 1 is 0.622 bits per heavy atom. The van der Waals surface area contributed by atoms with Crippen LogP contribution in [0, 0.1) is 11.8 Å². The fraction of sp³-hybridized carbons (Fsp3) is 0.289. The Hall–Kier alpha value is -4.36. The number of carbonyl (C=O) groups excluding carboxylic acids is 2. The maximum absolute atomic E-state index is 13.8. The zero-order valence-corrected chi connectivity index (χ0v) is 26.3. The lowest BCUT2D eigenvalue weighted by atomic mass is 9.84. The molecule has 4 aromatic rings. The predicted octanol–water partition coefficient (Wildman–Crippen LogP) is 6.35. The van der Waals surface area contributed by atoms with Crippen molar-refractivity contribution in [3.63, 3.8) is 0 Å². The van der Waals surface area contributed by atoms with Gasteiger partial charge in [-0.05, 0) is 54.4 Å². The number of hydrogen-bond acceptors (Lipinski definition) is 4. The summed E-state index contributed by atoms with van der Waals surface area (Å²) in [5.74, 6) is -1.66. The van der Waals surface area contributed by atoms with Gasteiger partial charge in [-0.25, -0.2) is 4.79 Å². The summed E-state index contributed by atoms with van der Waals surface area (Å²) in [7, 11) is 0. The quantitative estimate of drug-likeness (QED) is 0.113. The van der Waals surface area contributed by atoms with Crippen molar-refractivity contribution in [2.24, 2.45) is 11.8 Å². The number of carboxylic acids is 1. The number of nitrogens with one attached hydrogen (secondary N) is 2. The highest BCUT2D eigenvalue weighted by Gasteiger charge is 2.30. The van der Waals surface area contributed by atoms with Crippen molar-refractivity contribution < 1.29 is 19.5 Å². The summed E-state index contributed by atoms with van der Waals surface area (Å²) in [4.78, 5) is 39.6.